The van der Waals surface area contributed by atoms with Crippen molar-refractivity contribution in [2.45, 2.75) is 63.0 Å². The minimum absolute atomic E-state index is 0.0658. The molecule has 1 fully saturated rings. The Bertz CT molecular complexity index is 872. The number of ether oxygens (including phenoxy) is 1. The highest BCUT2D eigenvalue weighted by atomic mass is 16.5. The fraction of sp³-hybridized carbons (Fsp3) is 0.435. The van der Waals surface area contributed by atoms with Gasteiger partial charge in [0.2, 0.25) is 0 Å². The average Bonchev–Trinajstić information content (AvgIpc) is 2.74. The third-order valence-electron chi connectivity index (χ3n) is 6.00. The maximum atomic E-state index is 11.4. The van der Waals surface area contributed by atoms with E-state index in [1.807, 2.05) is 18.2 Å². The fourth-order valence-corrected chi connectivity index (χ4v) is 4.44. The quantitative estimate of drug-likeness (QED) is 0.556. The molecule has 0 heterocycles. The van der Waals surface area contributed by atoms with Crippen LogP contribution < -0.4 is 5.73 Å². The Morgan fingerprint density at radius 3 is 2.86 bits per heavy atom. The van der Waals surface area contributed by atoms with Gasteiger partial charge in [0.05, 0.1) is 5.54 Å². The second-order valence-electron chi connectivity index (χ2n) is 8.05. The summed E-state index contributed by atoms with van der Waals surface area (Å²) in [4.78, 5) is 22.3. The van der Waals surface area contributed by atoms with Crippen molar-refractivity contribution in [3.05, 3.63) is 75.1 Å². The van der Waals surface area contributed by atoms with Crippen LogP contribution in [0.2, 0.25) is 0 Å². The van der Waals surface area contributed by atoms with Crippen LogP contribution in [-0.2, 0) is 9.53 Å². The van der Waals surface area contributed by atoms with Gasteiger partial charge in [-0.05, 0) is 90.6 Å². The summed E-state index contributed by atoms with van der Waals surface area (Å²) in [6.45, 7) is 0. The molecule has 0 radical (unpaired) electrons. The third kappa shape index (κ3) is 3.85. The van der Waals surface area contributed by atoms with E-state index in [9.17, 15) is 9.70 Å². The van der Waals surface area contributed by atoms with Crippen molar-refractivity contribution in [2.75, 3.05) is 0 Å². The molecule has 1 saturated carbocycles. The normalized spacial score (nSPS) is 29.8. The SMILES string of the molecule is NC1(C=O)CCC2=CCC(OC3=C(C4=CC(N=O)=CCC4)CCC=C3)C=C2C1. The van der Waals surface area contributed by atoms with Crippen molar-refractivity contribution >= 4 is 6.29 Å². The molecule has 5 heteroatoms. The second-order valence-corrected chi connectivity index (χ2v) is 8.05. The fourth-order valence-electron chi connectivity index (χ4n) is 4.44. The van der Waals surface area contributed by atoms with E-state index in [1.54, 1.807) is 0 Å². The summed E-state index contributed by atoms with van der Waals surface area (Å²) in [6.07, 6.45) is 19.7. The highest BCUT2D eigenvalue weighted by Crippen LogP contribution is 2.38. The molecule has 4 aliphatic carbocycles. The van der Waals surface area contributed by atoms with Crippen LogP contribution in [0.5, 0.6) is 0 Å². The van der Waals surface area contributed by atoms with E-state index in [0.29, 0.717) is 18.5 Å². The molecule has 0 bridgehead atoms. The predicted molar refractivity (Wildman–Crippen MR) is 109 cm³/mol. The van der Waals surface area contributed by atoms with E-state index >= 15 is 0 Å². The van der Waals surface area contributed by atoms with Gasteiger partial charge in [-0.3, -0.25) is 0 Å². The highest BCUT2D eigenvalue weighted by molar-refractivity contribution is 5.66. The van der Waals surface area contributed by atoms with Gasteiger partial charge in [0.15, 0.2) is 0 Å². The lowest BCUT2D eigenvalue weighted by atomic mass is 9.75. The molecule has 2 N–H and O–H groups in total. The highest BCUT2D eigenvalue weighted by Gasteiger charge is 2.33. The van der Waals surface area contributed by atoms with Gasteiger partial charge in [-0.2, -0.15) is 0 Å². The van der Waals surface area contributed by atoms with Crippen molar-refractivity contribution in [3.63, 3.8) is 0 Å². The molecule has 0 aromatic carbocycles. The lowest BCUT2D eigenvalue weighted by Crippen LogP contribution is -2.44. The van der Waals surface area contributed by atoms with E-state index in [0.717, 1.165) is 61.7 Å². The summed E-state index contributed by atoms with van der Waals surface area (Å²) in [6, 6.07) is 0. The molecule has 4 rings (SSSR count). The maximum Gasteiger partial charge on any atom is 0.140 e. The largest absolute Gasteiger partial charge is 0.486 e. The number of hydrogen-bond acceptors (Lipinski definition) is 5. The molecule has 146 valence electrons. The van der Waals surface area contributed by atoms with Crippen LogP contribution in [0.4, 0.5) is 0 Å². The second kappa shape index (κ2) is 7.84. The summed E-state index contributed by atoms with van der Waals surface area (Å²) in [5, 5.41) is 3.10. The molecule has 2 unspecified atom stereocenters. The van der Waals surface area contributed by atoms with E-state index in [1.165, 1.54) is 11.1 Å². The van der Waals surface area contributed by atoms with Crippen LogP contribution in [0.25, 0.3) is 0 Å². The Hall–Kier alpha value is -2.53. The zero-order valence-corrected chi connectivity index (χ0v) is 16.0. The van der Waals surface area contributed by atoms with Gasteiger partial charge in [0, 0.05) is 6.42 Å². The first kappa shape index (κ1) is 18.8. The topological polar surface area (TPSA) is 81.8 Å². The minimum atomic E-state index is -0.752. The number of rotatable bonds is 5. The van der Waals surface area contributed by atoms with E-state index in [4.69, 9.17) is 10.5 Å². The summed E-state index contributed by atoms with van der Waals surface area (Å²) in [5.74, 6) is 0.883. The number of hydrogen-bond donors (Lipinski definition) is 1. The molecule has 0 aromatic heterocycles. The maximum absolute atomic E-state index is 11.4. The van der Waals surface area contributed by atoms with Gasteiger partial charge in [-0.25, -0.2) is 0 Å². The molecule has 0 aromatic rings. The number of allylic oxidation sites excluding steroid dienone is 7. The van der Waals surface area contributed by atoms with Gasteiger partial charge in [-0.15, -0.1) is 4.91 Å². The Morgan fingerprint density at radius 1 is 1.14 bits per heavy atom. The summed E-state index contributed by atoms with van der Waals surface area (Å²) >= 11 is 0. The van der Waals surface area contributed by atoms with Crippen LogP contribution in [0.1, 0.15) is 51.4 Å². The van der Waals surface area contributed by atoms with Gasteiger partial charge in [-0.1, -0.05) is 18.2 Å². The molecule has 0 aliphatic heterocycles. The lowest BCUT2D eigenvalue weighted by Gasteiger charge is -2.34. The van der Waals surface area contributed by atoms with Crippen molar-refractivity contribution < 1.29 is 9.53 Å². The molecule has 5 nitrogen and oxygen atoms in total. The number of nitroso groups, excluding NO2 is 1. The smallest absolute Gasteiger partial charge is 0.140 e. The van der Waals surface area contributed by atoms with Crippen LogP contribution in [0.15, 0.2) is 75.4 Å². The Kier molecular flexibility index (Phi) is 5.27. The Balaban J connectivity index is 1.56. The van der Waals surface area contributed by atoms with E-state index < -0.39 is 5.54 Å². The van der Waals surface area contributed by atoms with Gasteiger partial charge in [0.1, 0.15) is 23.8 Å². The van der Waals surface area contributed by atoms with E-state index in [2.05, 4.69) is 23.4 Å². The first-order valence-electron chi connectivity index (χ1n) is 10.1. The zero-order chi connectivity index (χ0) is 19.6. The number of aldehydes is 1. The van der Waals surface area contributed by atoms with Crippen molar-refractivity contribution in [2.24, 2.45) is 10.9 Å². The van der Waals surface area contributed by atoms with E-state index in [-0.39, 0.29) is 6.10 Å². The zero-order valence-electron chi connectivity index (χ0n) is 16.0. The number of nitrogens with two attached hydrogens (primary N) is 1. The molecule has 0 saturated heterocycles. The molecule has 28 heavy (non-hydrogen) atoms. The number of nitrogens with zero attached hydrogens (tertiary/aromatic N) is 1. The Morgan fingerprint density at radius 2 is 2.04 bits per heavy atom. The molecule has 0 amide bonds. The van der Waals surface area contributed by atoms with Crippen LogP contribution in [0.3, 0.4) is 0 Å². The minimum Gasteiger partial charge on any atom is -0.486 e. The molecule has 4 aliphatic rings. The van der Waals surface area contributed by atoms with Crippen molar-refractivity contribution in [1.82, 2.24) is 0 Å². The van der Waals surface area contributed by atoms with Gasteiger partial charge >= 0.3 is 0 Å². The molecular weight excluding hydrogens is 352 g/mol. The first-order chi connectivity index (χ1) is 13.6. The molecule has 0 spiro atoms. The van der Waals surface area contributed by atoms with Crippen LogP contribution >= 0.6 is 0 Å². The lowest BCUT2D eigenvalue weighted by molar-refractivity contribution is -0.112. The van der Waals surface area contributed by atoms with Crippen molar-refractivity contribution in [3.8, 4) is 0 Å². The Labute approximate surface area is 165 Å². The summed E-state index contributed by atoms with van der Waals surface area (Å²) in [7, 11) is 0. The molecule has 2 atom stereocenters. The number of fused-ring (bicyclic) bond motifs is 1. The summed E-state index contributed by atoms with van der Waals surface area (Å²) < 4.78 is 6.39. The standard InChI is InChI=1S/C23H26N2O3/c24-23(15-26)11-10-16-8-9-20(13-18(16)14-23)28-22-7-2-1-6-21(22)17-4-3-5-19(12-17)25-27/h2,5,7-8,12-13,15,20H,1,3-4,6,9-11,14,24H2. The van der Waals surface area contributed by atoms with Gasteiger partial charge in [0.25, 0.3) is 0 Å². The van der Waals surface area contributed by atoms with Gasteiger partial charge < -0.3 is 15.3 Å². The first-order valence-corrected chi connectivity index (χ1v) is 10.1. The van der Waals surface area contributed by atoms with Crippen molar-refractivity contribution in [1.29, 1.82) is 0 Å². The van der Waals surface area contributed by atoms with Crippen LogP contribution in [-0.4, -0.2) is 17.9 Å². The third-order valence-corrected chi connectivity index (χ3v) is 6.00. The average molecular weight is 378 g/mol. The molecular formula is C23H26N2O3. The number of carbonyl (C=O) groups is 1. The monoisotopic (exact) mass is 378 g/mol. The number of carbonyl (C=O) groups excluding carboxylic acids is 1. The van der Waals surface area contributed by atoms with Crippen LogP contribution in [0, 0.1) is 4.91 Å². The summed E-state index contributed by atoms with van der Waals surface area (Å²) in [5.41, 5.74) is 10.7. The predicted octanol–water partition coefficient (Wildman–Crippen LogP) is 4.68.